The van der Waals surface area contributed by atoms with E-state index in [0.717, 1.165) is 15.7 Å². The third-order valence-corrected chi connectivity index (χ3v) is 4.58. The number of carbonyl (C=O) groups excluding carboxylic acids is 1. The van der Waals surface area contributed by atoms with Gasteiger partial charge in [0.15, 0.2) is 0 Å². The number of carbonyl (C=O) groups is 1. The lowest BCUT2D eigenvalue weighted by Gasteiger charge is -1.99. The molecule has 7 heteroatoms. The van der Waals surface area contributed by atoms with Crippen molar-refractivity contribution in [2.45, 2.75) is 6.42 Å². The minimum atomic E-state index is -0.0871. The van der Waals surface area contributed by atoms with Crippen molar-refractivity contribution in [3.05, 3.63) is 58.0 Å². The van der Waals surface area contributed by atoms with Gasteiger partial charge >= 0.3 is 0 Å². The molecule has 5 nitrogen and oxygen atoms in total. The minimum Gasteiger partial charge on any atom is -0.352 e. The van der Waals surface area contributed by atoms with Crippen LogP contribution in [-0.2, 0) is 11.2 Å². The second-order valence-corrected chi connectivity index (χ2v) is 6.28. The molecule has 0 unspecified atom stereocenters. The van der Waals surface area contributed by atoms with E-state index >= 15 is 0 Å². The van der Waals surface area contributed by atoms with Crippen LogP contribution in [0, 0.1) is 0 Å². The predicted octanol–water partition coefficient (Wildman–Crippen LogP) is 2.76. The smallest absolute Gasteiger partial charge is 0.244 e. The second kappa shape index (κ2) is 7.15. The molecule has 0 aliphatic heterocycles. The molecule has 3 aromatic heterocycles. The van der Waals surface area contributed by atoms with Crippen molar-refractivity contribution in [3.63, 3.8) is 0 Å². The van der Waals surface area contributed by atoms with Crippen LogP contribution >= 0.6 is 22.7 Å². The fourth-order valence-electron chi connectivity index (χ4n) is 1.81. The van der Waals surface area contributed by atoms with E-state index in [9.17, 15) is 4.79 Å². The number of nitrogens with zero attached hydrogens (tertiary/aromatic N) is 3. The van der Waals surface area contributed by atoms with Gasteiger partial charge in [0.1, 0.15) is 0 Å². The standard InChI is InChI=1S/C15H14N4OS2/c20-14(5-4-13-3-1-10-21-13)16-8-6-12-11-22-15(18-12)19-9-2-7-17-19/h1-5,7,9-11H,6,8H2,(H,16,20). The molecule has 1 N–H and O–H groups in total. The Labute approximate surface area is 135 Å². The van der Waals surface area contributed by atoms with E-state index in [1.807, 2.05) is 41.2 Å². The second-order valence-electron chi connectivity index (χ2n) is 4.46. The SMILES string of the molecule is O=C(C=Cc1cccs1)NCCc1csc(-n2cccn2)n1. The van der Waals surface area contributed by atoms with Crippen LogP contribution in [-0.4, -0.2) is 27.2 Å². The maximum absolute atomic E-state index is 11.7. The normalized spacial score (nSPS) is 11.1. The van der Waals surface area contributed by atoms with Crippen molar-refractivity contribution >= 4 is 34.7 Å². The maximum Gasteiger partial charge on any atom is 0.244 e. The van der Waals surface area contributed by atoms with Gasteiger partial charge in [-0.3, -0.25) is 4.79 Å². The summed E-state index contributed by atoms with van der Waals surface area (Å²) in [6, 6.07) is 5.80. The molecule has 0 fully saturated rings. The van der Waals surface area contributed by atoms with Crippen molar-refractivity contribution in [1.82, 2.24) is 20.1 Å². The fourth-order valence-corrected chi connectivity index (χ4v) is 3.23. The summed E-state index contributed by atoms with van der Waals surface area (Å²) in [7, 11) is 0. The third kappa shape index (κ3) is 3.90. The van der Waals surface area contributed by atoms with Gasteiger partial charge in [-0.25, -0.2) is 9.67 Å². The summed E-state index contributed by atoms with van der Waals surface area (Å²) in [4.78, 5) is 17.3. The van der Waals surface area contributed by atoms with E-state index in [1.54, 1.807) is 28.3 Å². The molecule has 3 heterocycles. The lowest BCUT2D eigenvalue weighted by atomic mass is 10.3. The van der Waals surface area contributed by atoms with Gasteiger partial charge in [0.05, 0.1) is 5.69 Å². The van der Waals surface area contributed by atoms with Gasteiger partial charge in [-0.1, -0.05) is 6.07 Å². The molecule has 112 valence electrons. The van der Waals surface area contributed by atoms with Crippen LogP contribution in [0.4, 0.5) is 0 Å². The number of thiophene rings is 1. The van der Waals surface area contributed by atoms with Crippen molar-refractivity contribution in [2.75, 3.05) is 6.54 Å². The largest absolute Gasteiger partial charge is 0.352 e. The average molecular weight is 330 g/mol. The average Bonchev–Trinajstić information content (AvgIpc) is 3.26. The predicted molar refractivity (Wildman–Crippen MR) is 89.3 cm³/mol. The summed E-state index contributed by atoms with van der Waals surface area (Å²) < 4.78 is 1.73. The Morgan fingerprint density at radius 2 is 2.32 bits per heavy atom. The van der Waals surface area contributed by atoms with Gasteiger partial charge in [0.25, 0.3) is 0 Å². The van der Waals surface area contributed by atoms with Crippen molar-refractivity contribution in [2.24, 2.45) is 0 Å². The molecular formula is C15H14N4OS2. The van der Waals surface area contributed by atoms with Gasteiger partial charge in [-0.2, -0.15) is 5.10 Å². The first-order chi connectivity index (χ1) is 10.8. The van der Waals surface area contributed by atoms with Gasteiger partial charge in [0, 0.05) is 41.7 Å². The first kappa shape index (κ1) is 14.7. The Bertz CT molecular complexity index is 744. The molecule has 0 atom stereocenters. The van der Waals surface area contributed by atoms with E-state index in [4.69, 9.17) is 0 Å². The van der Waals surface area contributed by atoms with Gasteiger partial charge in [-0.05, 0) is 23.6 Å². The minimum absolute atomic E-state index is 0.0871. The Balaban J connectivity index is 1.46. The van der Waals surface area contributed by atoms with E-state index in [-0.39, 0.29) is 5.91 Å². The lowest BCUT2D eigenvalue weighted by Crippen LogP contribution is -2.23. The monoisotopic (exact) mass is 330 g/mol. The lowest BCUT2D eigenvalue weighted by molar-refractivity contribution is -0.116. The van der Waals surface area contributed by atoms with E-state index < -0.39 is 0 Å². The van der Waals surface area contributed by atoms with Crippen LogP contribution < -0.4 is 5.32 Å². The molecule has 0 aromatic carbocycles. The molecule has 0 spiro atoms. The summed E-state index contributed by atoms with van der Waals surface area (Å²) in [5.74, 6) is -0.0871. The molecule has 0 radical (unpaired) electrons. The molecule has 0 aliphatic rings. The van der Waals surface area contributed by atoms with Crippen molar-refractivity contribution in [1.29, 1.82) is 0 Å². The Morgan fingerprint density at radius 3 is 3.09 bits per heavy atom. The number of hydrogen-bond acceptors (Lipinski definition) is 5. The zero-order chi connectivity index (χ0) is 15.2. The molecule has 1 amide bonds. The number of nitrogens with one attached hydrogen (secondary N) is 1. The molecule has 0 bridgehead atoms. The summed E-state index contributed by atoms with van der Waals surface area (Å²) >= 11 is 3.14. The Kier molecular flexibility index (Phi) is 4.77. The molecule has 0 saturated heterocycles. The first-order valence-corrected chi connectivity index (χ1v) is 8.51. The number of aromatic nitrogens is 3. The van der Waals surface area contributed by atoms with Crippen LogP contribution in [0.15, 0.2) is 47.4 Å². The quantitative estimate of drug-likeness (QED) is 0.707. The third-order valence-electron chi connectivity index (χ3n) is 2.86. The summed E-state index contributed by atoms with van der Waals surface area (Å²) in [5.41, 5.74) is 0.957. The fraction of sp³-hybridized carbons (Fsp3) is 0.133. The number of thiazole rings is 1. The molecule has 3 aromatic rings. The Hall–Kier alpha value is -2.25. The summed E-state index contributed by atoms with van der Waals surface area (Å²) in [5, 5.41) is 11.8. The summed E-state index contributed by atoms with van der Waals surface area (Å²) in [6.45, 7) is 0.565. The van der Waals surface area contributed by atoms with E-state index in [0.29, 0.717) is 13.0 Å². The highest BCUT2D eigenvalue weighted by atomic mass is 32.1. The summed E-state index contributed by atoms with van der Waals surface area (Å²) in [6.07, 6.45) is 7.66. The van der Waals surface area contributed by atoms with Crippen molar-refractivity contribution < 1.29 is 4.79 Å². The Morgan fingerprint density at radius 1 is 1.36 bits per heavy atom. The number of hydrogen-bond donors (Lipinski definition) is 1. The van der Waals surface area contributed by atoms with E-state index in [1.165, 1.54) is 11.3 Å². The highest BCUT2D eigenvalue weighted by Gasteiger charge is 2.04. The van der Waals surface area contributed by atoms with Gasteiger partial charge < -0.3 is 5.32 Å². The zero-order valence-corrected chi connectivity index (χ0v) is 13.3. The molecule has 22 heavy (non-hydrogen) atoms. The van der Waals surface area contributed by atoms with E-state index in [2.05, 4.69) is 15.4 Å². The van der Waals surface area contributed by atoms with Crippen LogP contribution in [0.2, 0.25) is 0 Å². The van der Waals surface area contributed by atoms with Crippen molar-refractivity contribution in [3.8, 4) is 5.13 Å². The molecule has 0 aliphatic carbocycles. The topological polar surface area (TPSA) is 59.8 Å². The van der Waals surface area contributed by atoms with Crippen LogP contribution in [0.1, 0.15) is 10.6 Å². The first-order valence-electron chi connectivity index (χ1n) is 6.75. The molecule has 3 rings (SSSR count). The molecule has 0 saturated carbocycles. The van der Waals surface area contributed by atoms with Gasteiger partial charge in [0.2, 0.25) is 11.0 Å². The molecular weight excluding hydrogens is 316 g/mol. The maximum atomic E-state index is 11.7. The van der Waals surface area contributed by atoms with Crippen LogP contribution in [0.5, 0.6) is 0 Å². The number of amides is 1. The highest BCUT2D eigenvalue weighted by Crippen LogP contribution is 2.14. The van der Waals surface area contributed by atoms with Crippen LogP contribution in [0.25, 0.3) is 11.2 Å². The highest BCUT2D eigenvalue weighted by molar-refractivity contribution is 7.12. The van der Waals surface area contributed by atoms with Crippen LogP contribution in [0.3, 0.4) is 0 Å². The zero-order valence-electron chi connectivity index (χ0n) is 11.7. The van der Waals surface area contributed by atoms with Gasteiger partial charge in [-0.15, -0.1) is 22.7 Å². The number of rotatable bonds is 6.